The Labute approximate surface area is 59.7 Å². The number of nitrogens with zero attached hydrogens (tertiary/aromatic N) is 1. The van der Waals surface area contributed by atoms with E-state index in [0.29, 0.717) is 6.54 Å². The molecule has 0 spiro atoms. The number of hydrogen-bond donors (Lipinski definition) is 2. The van der Waals surface area contributed by atoms with E-state index in [0.717, 1.165) is 5.69 Å². The summed E-state index contributed by atoms with van der Waals surface area (Å²) in [6, 6.07) is 5.69. The van der Waals surface area contributed by atoms with Crippen LogP contribution in [-0.2, 0) is 6.54 Å². The monoisotopic (exact) mass is 138 g/mol. The second-order valence-corrected chi connectivity index (χ2v) is 1.91. The van der Waals surface area contributed by atoms with E-state index in [1.807, 2.05) is 18.2 Å². The first-order valence-corrected chi connectivity index (χ1v) is 3.15. The fourth-order valence-electron chi connectivity index (χ4n) is 0.687. The zero-order chi connectivity index (χ0) is 7.23. The van der Waals surface area contributed by atoms with Gasteiger partial charge in [-0.25, -0.2) is 0 Å². The van der Waals surface area contributed by atoms with Crippen LogP contribution in [0.5, 0.6) is 0 Å². The lowest BCUT2D eigenvalue weighted by Crippen LogP contribution is -2.14. The second-order valence-electron chi connectivity index (χ2n) is 1.91. The molecule has 0 amide bonds. The molecule has 1 rings (SSSR count). The molecule has 0 aliphatic rings. The number of aliphatic hydroxyl groups is 1. The zero-order valence-electron chi connectivity index (χ0n) is 5.62. The number of nitrogens with one attached hydrogen (secondary N) is 1. The maximum absolute atomic E-state index is 8.39. The van der Waals surface area contributed by atoms with Crippen molar-refractivity contribution in [1.29, 1.82) is 0 Å². The molecule has 0 aliphatic heterocycles. The Hall–Kier alpha value is -0.930. The summed E-state index contributed by atoms with van der Waals surface area (Å²) >= 11 is 0. The molecule has 0 aliphatic carbocycles. The van der Waals surface area contributed by atoms with Gasteiger partial charge in [0.1, 0.15) is 0 Å². The standard InChI is InChI=1S/C7H10N2O/c10-6-8-5-7-3-1-2-4-9-7/h1-4,8,10H,5-6H2. The van der Waals surface area contributed by atoms with Crippen LogP contribution in [0.4, 0.5) is 0 Å². The lowest BCUT2D eigenvalue weighted by atomic mass is 10.3. The van der Waals surface area contributed by atoms with Gasteiger partial charge in [-0.1, -0.05) is 6.07 Å². The summed E-state index contributed by atoms with van der Waals surface area (Å²) in [4.78, 5) is 4.04. The van der Waals surface area contributed by atoms with Gasteiger partial charge >= 0.3 is 0 Å². The first kappa shape index (κ1) is 7.18. The van der Waals surface area contributed by atoms with Crippen LogP contribution in [0, 0.1) is 0 Å². The van der Waals surface area contributed by atoms with Crippen molar-refractivity contribution in [2.24, 2.45) is 0 Å². The average Bonchev–Trinajstić information content (AvgIpc) is 2.03. The fourth-order valence-corrected chi connectivity index (χ4v) is 0.687. The van der Waals surface area contributed by atoms with Gasteiger partial charge in [0.15, 0.2) is 0 Å². The van der Waals surface area contributed by atoms with Gasteiger partial charge in [0.05, 0.1) is 12.4 Å². The predicted octanol–water partition coefficient (Wildman–Crippen LogP) is 0.121. The van der Waals surface area contributed by atoms with Crippen LogP contribution in [0.2, 0.25) is 0 Å². The van der Waals surface area contributed by atoms with E-state index in [-0.39, 0.29) is 6.73 Å². The molecule has 0 unspecified atom stereocenters. The lowest BCUT2D eigenvalue weighted by Gasteiger charge is -1.97. The number of aromatic nitrogens is 1. The average molecular weight is 138 g/mol. The quantitative estimate of drug-likeness (QED) is 0.583. The Bertz CT molecular complexity index is 176. The number of rotatable bonds is 3. The summed E-state index contributed by atoms with van der Waals surface area (Å²) < 4.78 is 0. The molecule has 0 aromatic carbocycles. The van der Waals surface area contributed by atoms with E-state index in [4.69, 9.17) is 5.11 Å². The van der Waals surface area contributed by atoms with Crippen LogP contribution in [0.3, 0.4) is 0 Å². The first-order chi connectivity index (χ1) is 4.93. The molecular formula is C7H10N2O. The molecule has 0 bridgehead atoms. The number of pyridine rings is 1. The topological polar surface area (TPSA) is 45.1 Å². The fraction of sp³-hybridized carbons (Fsp3) is 0.286. The Morgan fingerprint density at radius 3 is 3.00 bits per heavy atom. The summed E-state index contributed by atoms with van der Waals surface area (Å²) in [5.74, 6) is 0. The second kappa shape index (κ2) is 3.98. The Balaban J connectivity index is 2.43. The third-order valence-corrected chi connectivity index (χ3v) is 1.14. The van der Waals surface area contributed by atoms with Crippen LogP contribution in [0.1, 0.15) is 5.69 Å². The van der Waals surface area contributed by atoms with Crippen LogP contribution < -0.4 is 5.32 Å². The minimum atomic E-state index is -0.00340. The lowest BCUT2D eigenvalue weighted by molar-refractivity contribution is 0.258. The molecule has 0 saturated heterocycles. The van der Waals surface area contributed by atoms with Gasteiger partial charge in [-0.3, -0.25) is 10.3 Å². The van der Waals surface area contributed by atoms with Gasteiger partial charge < -0.3 is 5.11 Å². The van der Waals surface area contributed by atoms with Gasteiger partial charge in [0.25, 0.3) is 0 Å². The summed E-state index contributed by atoms with van der Waals surface area (Å²) in [5, 5.41) is 11.1. The Morgan fingerprint density at radius 2 is 2.40 bits per heavy atom. The van der Waals surface area contributed by atoms with Crippen molar-refractivity contribution >= 4 is 0 Å². The molecule has 54 valence electrons. The van der Waals surface area contributed by atoms with Crippen molar-refractivity contribution in [2.45, 2.75) is 6.54 Å². The highest BCUT2D eigenvalue weighted by Gasteiger charge is 1.87. The van der Waals surface area contributed by atoms with Crippen LogP contribution in [-0.4, -0.2) is 16.8 Å². The Kier molecular flexibility index (Phi) is 2.86. The summed E-state index contributed by atoms with van der Waals surface area (Å²) in [6.45, 7) is 0.619. The van der Waals surface area contributed by atoms with Gasteiger partial charge in [0.2, 0.25) is 0 Å². The highest BCUT2D eigenvalue weighted by atomic mass is 16.3. The third-order valence-electron chi connectivity index (χ3n) is 1.14. The molecule has 0 atom stereocenters. The molecule has 0 saturated carbocycles. The van der Waals surface area contributed by atoms with E-state index in [1.165, 1.54) is 0 Å². The smallest absolute Gasteiger partial charge is 0.0934 e. The highest BCUT2D eigenvalue weighted by Crippen LogP contribution is 1.90. The number of aliphatic hydroxyl groups excluding tert-OH is 1. The molecule has 3 heteroatoms. The van der Waals surface area contributed by atoms with E-state index in [1.54, 1.807) is 6.20 Å². The van der Waals surface area contributed by atoms with Crippen molar-refractivity contribution in [3.63, 3.8) is 0 Å². The van der Waals surface area contributed by atoms with Crippen molar-refractivity contribution in [1.82, 2.24) is 10.3 Å². The van der Waals surface area contributed by atoms with Gasteiger partial charge in [0, 0.05) is 12.7 Å². The maximum atomic E-state index is 8.39. The minimum Gasteiger partial charge on any atom is -0.381 e. The molecule has 1 aromatic heterocycles. The van der Waals surface area contributed by atoms with Crippen molar-refractivity contribution in [3.8, 4) is 0 Å². The first-order valence-electron chi connectivity index (χ1n) is 3.15. The van der Waals surface area contributed by atoms with E-state index >= 15 is 0 Å². The van der Waals surface area contributed by atoms with Gasteiger partial charge in [-0.05, 0) is 12.1 Å². The van der Waals surface area contributed by atoms with Crippen LogP contribution in [0.15, 0.2) is 24.4 Å². The molecule has 0 radical (unpaired) electrons. The van der Waals surface area contributed by atoms with E-state index < -0.39 is 0 Å². The van der Waals surface area contributed by atoms with Crippen molar-refractivity contribution < 1.29 is 5.11 Å². The maximum Gasteiger partial charge on any atom is 0.0934 e. The van der Waals surface area contributed by atoms with E-state index in [9.17, 15) is 0 Å². The zero-order valence-corrected chi connectivity index (χ0v) is 5.62. The predicted molar refractivity (Wildman–Crippen MR) is 38.2 cm³/mol. The number of hydrogen-bond acceptors (Lipinski definition) is 3. The van der Waals surface area contributed by atoms with Gasteiger partial charge in [-0.2, -0.15) is 0 Å². The summed E-state index contributed by atoms with van der Waals surface area (Å²) in [5.41, 5.74) is 0.941. The highest BCUT2D eigenvalue weighted by molar-refractivity contribution is 5.02. The summed E-state index contributed by atoms with van der Waals surface area (Å²) in [6.07, 6.45) is 1.73. The molecule has 1 aromatic rings. The minimum absolute atomic E-state index is 0.00340. The SMILES string of the molecule is OCNCc1ccccn1. The molecule has 3 nitrogen and oxygen atoms in total. The largest absolute Gasteiger partial charge is 0.381 e. The normalized spacial score (nSPS) is 9.70. The molecule has 0 fully saturated rings. The molecular weight excluding hydrogens is 128 g/mol. The third kappa shape index (κ3) is 2.13. The van der Waals surface area contributed by atoms with E-state index in [2.05, 4.69) is 10.3 Å². The van der Waals surface area contributed by atoms with Crippen molar-refractivity contribution in [3.05, 3.63) is 30.1 Å². The van der Waals surface area contributed by atoms with Crippen LogP contribution >= 0.6 is 0 Å². The van der Waals surface area contributed by atoms with Gasteiger partial charge in [-0.15, -0.1) is 0 Å². The van der Waals surface area contributed by atoms with Crippen LogP contribution in [0.25, 0.3) is 0 Å². The Morgan fingerprint density at radius 1 is 1.50 bits per heavy atom. The van der Waals surface area contributed by atoms with Crippen molar-refractivity contribution in [2.75, 3.05) is 6.73 Å². The summed E-state index contributed by atoms with van der Waals surface area (Å²) in [7, 11) is 0. The molecule has 2 N–H and O–H groups in total. The molecule has 1 heterocycles. The molecule has 10 heavy (non-hydrogen) atoms.